The first-order chi connectivity index (χ1) is 10.6. The topological polar surface area (TPSA) is 46.3 Å². The summed E-state index contributed by atoms with van der Waals surface area (Å²) in [6, 6.07) is 8.06. The van der Waals surface area contributed by atoms with E-state index in [0.29, 0.717) is 17.5 Å². The number of piperidine rings is 1. The van der Waals surface area contributed by atoms with Crippen LogP contribution in [0.15, 0.2) is 34.9 Å². The molecule has 2 heterocycles. The molecule has 1 amide bonds. The predicted molar refractivity (Wildman–Crippen MR) is 80.6 cm³/mol. The number of hydrogen-bond donors (Lipinski definition) is 0. The van der Waals surface area contributed by atoms with Gasteiger partial charge in [0.1, 0.15) is 5.82 Å². The second-order valence-corrected chi connectivity index (χ2v) is 5.80. The van der Waals surface area contributed by atoms with Gasteiger partial charge >= 0.3 is 0 Å². The maximum Gasteiger partial charge on any atom is 0.228 e. The van der Waals surface area contributed by atoms with Gasteiger partial charge in [0.15, 0.2) is 5.76 Å². The summed E-state index contributed by atoms with van der Waals surface area (Å²) in [7, 11) is 0. The zero-order valence-electron chi connectivity index (χ0n) is 12.6. The van der Waals surface area contributed by atoms with E-state index < -0.39 is 0 Å². The van der Waals surface area contributed by atoms with E-state index in [0.717, 1.165) is 24.9 Å². The number of halogens is 1. The highest BCUT2D eigenvalue weighted by molar-refractivity contribution is 5.79. The number of benzene rings is 1. The Morgan fingerprint density at radius 2 is 2.14 bits per heavy atom. The van der Waals surface area contributed by atoms with Crippen molar-refractivity contribution in [3.8, 4) is 11.3 Å². The van der Waals surface area contributed by atoms with Gasteiger partial charge in [-0.1, -0.05) is 5.16 Å². The molecule has 1 aliphatic rings. The standard InChI is InChI=1S/C17H19FN2O2/c1-12-4-2-3-9-20(12)17(21)11-15-10-16(22-19-15)13-5-7-14(18)8-6-13/h5-8,10,12H,2-4,9,11H2,1H3. The third-order valence-corrected chi connectivity index (χ3v) is 4.14. The Morgan fingerprint density at radius 1 is 1.36 bits per heavy atom. The van der Waals surface area contributed by atoms with Crippen molar-refractivity contribution in [2.75, 3.05) is 6.54 Å². The van der Waals surface area contributed by atoms with E-state index in [2.05, 4.69) is 12.1 Å². The molecule has 1 fully saturated rings. The molecule has 22 heavy (non-hydrogen) atoms. The summed E-state index contributed by atoms with van der Waals surface area (Å²) in [4.78, 5) is 14.3. The van der Waals surface area contributed by atoms with Crippen LogP contribution in [0.25, 0.3) is 11.3 Å². The van der Waals surface area contributed by atoms with E-state index in [-0.39, 0.29) is 18.1 Å². The van der Waals surface area contributed by atoms with Crippen molar-refractivity contribution in [1.82, 2.24) is 10.1 Å². The van der Waals surface area contributed by atoms with Crippen LogP contribution in [-0.2, 0) is 11.2 Å². The van der Waals surface area contributed by atoms with Gasteiger partial charge < -0.3 is 9.42 Å². The van der Waals surface area contributed by atoms with Crippen LogP contribution in [0.5, 0.6) is 0 Å². The van der Waals surface area contributed by atoms with E-state index in [9.17, 15) is 9.18 Å². The van der Waals surface area contributed by atoms with Gasteiger partial charge in [0.25, 0.3) is 0 Å². The van der Waals surface area contributed by atoms with Crippen molar-refractivity contribution < 1.29 is 13.7 Å². The van der Waals surface area contributed by atoms with Gasteiger partial charge in [-0.25, -0.2) is 4.39 Å². The Labute approximate surface area is 128 Å². The number of likely N-dealkylation sites (tertiary alicyclic amines) is 1. The molecule has 4 nitrogen and oxygen atoms in total. The molecule has 1 aliphatic heterocycles. The van der Waals surface area contributed by atoms with Crippen LogP contribution >= 0.6 is 0 Å². The van der Waals surface area contributed by atoms with Crippen LogP contribution in [0.3, 0.4) is 0 Å². The molecule has 1 saturated heterocycles. The lowest BCUT2D eigenvalue weighted by Crippen LogP contribution is -2.42. The van der Waals surface area contributed by atoms with Crippen LogP contribution in [0.2, 0.25) is 0 Å². The molecule has 5 heteroatoms. The highest BCUT2D eigenvalue weighted by Crippen LogP contribution is 2.22. The van der Waals surface area contributed by atoms with Gasteiger partial charge in [0.05, 0.1) is 12.1 Å². The summed E-state index contributed by atoms with van der Waals surface area (Å²) in [6.45, 7) is 2.91. The fourth-order valence-corrected chi connectivity index (χ4v) is 2.87. The van der Waals surface area contributed by atoms with Gasteiger partial charge in [0, 0.05) is 24.2 Å². The van der Waals surface area contributed by atoms with E-state index in [1.807, 2.05) is 4.90 Å². The highest BCUT2D eigenvalue weighted by Gasteiger charge is 2.24. The Kier molecular flexibility index (Phi) is 4.22. The molecule has 0 bridgehead atoms. The SMILES string of the molecule is CC1CCCCN1C(=O)Cc1cc(-c2ccc(F)cc2)on1. The molecule has 116 valence electrons. The summed E-state index contributed by atoms with van der Waals surface area (Å²) in [5.74, 6) is 0.346. The quantitative estimate of drug-likeness (QED) is 0.872. The van der Waals surface area contributed by atoms with E-state index in [1.54, 1.807) is 18.2 Å². The molecule has 0 aliphatic carbocycles. The molecule has 0 saturated carbocycles. The zero-order valence-corrected chi connectivity index (χ0v) is 12.6. The van der Waals surface area contributed by atoms with E-state index in [4.69, 9.17) is 4.52 Å². The second-order valence-electron chi connectivity index (χ2n) is 5.80. The summed E-state index contributed by atoms with van der Waals surface area (Å²) in [5.41, 5.74) is 1.36. The Hall–Kier alpha value is -2.17. The van der Waals surface area contributed by atoms with Gasteiger partial charge in [0.2, 0.25) is 5.91 Å². The average molecular weight is 302 g/mol. The molecule has 1 atom stereocenters. The van der Waals surface area contributed by atoms with Crippen molar-refractivity contribution >= 4 is 5.91 Å². The summed E-state index contributed by atoms with van der Waals surface area (Å²) >= 11 is 0. The number of rotatable bonds is 3. The van der Waals surface area contributed by atoms with Gasteiger partial charge in [-0.15, -0.1) is 0 Å². The minimum absolute atomic E-state index is 0.0890. The normalized spacial score (nSPS) is 18.5. The van der Waals surface area contributed by atoms with Crippen LogP contribution < -0.4 is 0 Å². The summed E-state index contributed by atoms with van der Waals surface area (Å²) < 4.78 is 18.2. The van der Waals surface area contributed by atoms with E-state index >= 15 is 0 Å². The molecule has 1 aromatic heterocycles. The fourth-order valence-electron chi connectivity index (χ4n) is 2.87. The number of amides is 1. The highest BCUT2D eigenvalue weighted by atomic mass is 19.1. The lowest BCUT2D eigenvalue weighted by atomic mass is 10.0. The van der Waals surface area contributed by atoms with Crippen molar-refractivity contribution in [3.05, 3.63) is 41.8 Å². The smallest absolute Gasteiger partial charge is 0.228 e. The fraction of sp³-hybridized carbons (Fsp3) is 0.412. The number of hydrogen-bond acceptors (Lipinski definition) is 3. The average Bonchev–Trinajstić information content (AvgIpc) is 2.97. The molecule has 0 spiro atoms. The molecule has 1 aromatic carbocycles. The van der Waals surface area contributed by atoms with Gasteiger partial charge in [-0.3, -0.25) is 4.79 Å². The molecule has 0 radical (unpaired) electrons. The van der Waals surface area contributed by atoms with Crippen LogP contribution in [0.4, 0.5) is 4.39 Å². The molecule has 1 unspecified atom stereocenters. The molecule has 2 aromatic rings. The first-order valence-electron chi connectivity index (χ1n) is 7.64. The van der Waals surface area contributed by atoms with Crippen LogP contribution in [0.1, 0.15) is 31.9 Å². The number of carbonyl (C=O) groups excluding carboxylic acids is 1. The number of aromatic nitrogens is 1. The first-order valence-corrected chi connectivity index (χ1v) is 7.64. The third kappa shape index (κ3) is 3.18. The Balaban J connectivity index is 1.68. The monoisotopic (exact) mass is 302 g/mol. The summed E-state index contributed by atoms with van der Waals surface area (Å²) in [6.07, 6.45) is 3.56. The Bertz CT molecular complexity index is 651. The molecule has 0 N–H and O–H groups in total. The second kappa shape index (κ2) is 6.30. The largest absolute Gasteiger partial charge is 0.356 e. The molecule has 3 rings (SSSR count). The maximum atomic E-state index is 12.9. The van der Waals surface area contributed by atoms with Crippen molar-refractivity contribution in [2.45, 2.75) is 38.6 Å². The molecular formula is C17H19FN2O2. The van der Waals surface area contributed by atoms with Crippen molar-refractivity contribution in [3.63, 3.8) is 0 Å². The van der Waals surface area contributed by atoms with Crippen LogP contribution in [-0.4, -0.2) is 28.6 Å². The summed E-state index contributed by atoms with van der Waals surface area (Å²) in [5, 5.41) is 3.96. The van der Waals surface area contributed by atoms with Crippen molar-refractivity contribution in [1.29, 1.82) is 0 Å². The maximum absolute atomic E-state index is 12.9. The first kappa shape index (κ1) is 14.8. The molecular weight excluding hydrogens is 283 g/mol. The Morgan fingerprint density at radius 3 is 2.86 bits per heavy atom. The van der Waals surface area contributed by atoms with Gasteiger partial charge in [-0.05, 0) is 50.5 Å². The number of carbonyl (C=O) groups is 1. The van der Waals surface area contributed by atoms with Gasteiger partial charge in [-0.2, -0.15) is 0 Å². The third-order valence-electron chi connectivity index (χ3n) is 4.14. The number of nitrogens with zero attached hydrogens (tertiary/aromatic N) is 2. The minimum atomic E-state index is -0.294. The predicted octanol–water partition coefficient (Wildman–Crippen LogP) is 3.42. The lowest BCUT2D eigenvalue weighted by Gasteiger charge is -2.33. The zero-order chi connectivity index (χ0) is 15.5. The lowest BCUT2D eigenvalue weighted by molar-refractivity contribution is -0.133. The van der Waals surface area contributed by atoms with E-state index in [1.165, 1.54) is 18.6 Å². The van der Waals surface area contributed by atoms with Crippen molar-refractivity contribution in [2.24, 2.45) is 0 Å². The van der Waals surface area contributed by atoms with Crippen LogP contribution in [0, 0.1) is 5.82 Å². The minimum Gasteiger partial charge on any atom is -0.356 e.